The molecule has 0 aliphatic carbocycles. The van der Waals surface area contributed by atoms with Gasteiger partial charge >= 0.3 is 6.09 Å². The number of nitrogens with one attached hydrogen (secondary N) is 1. The first-order valence-corrected chi connectivity index (χ1v) is 7.81. The van der Waals surface area contributed by atoms with Gasteiger partial charge in [-0.05, 0) is 32.3 Å². The number of hydrogen-bond donors (Lipinski definition) is 1. The van der Waals surface area contributed by atoms with Crippen molar-refractivity contribution in [2.24, 2.45) is 7.05 Å². The number of likely N-dealkylation sites (tertiary alicyclic amines) is 1. The third kappa shape index (κ3) is 3.97. The Bertz CT molecular complexity index is 452. The average molecular weight is 294 g/mol. The Morgan fingerprint density at radius 3 is 2.71 bits per heavy atom. The molecule has 21 heavy (non-hydrogen) atoms. The highest BCUT2D eigenvalue weighted by Crippen LogP contribution is 2.20. The van der Waals surface area contributed by atoms with E-state index in [0.717, 1.165) is 32.4 Å². The number of carbonyl (C=O) groups excluding carboxylic acids is 1. The Morgan fingerprint density at radius 2 is 2.19 bits per heavy atom. The summed E-state index contributed by atoms with van der Waals surface area (Å²) in [7, 11) is 1.98. The number of carbonyl (C=O) groups is 1. The van der Waals surface area contributed by atoms with Gasteiger partial charge in [-0.2, -0.15) is 5.10 Å². The molecule has 0 spiro atoms. The maximum atomic E-state index is 11.7. The van der Waals surface area contributed by atoms with E-state index in [4.69, 9.17) is 4.74 Å². The normalized spacial score (nSPS) is 17.8. The van der Waals surface area contributed by atoms with Crippen LogP contribution in [-0.4, -0.2) is 46.5 Å². The Labute approximate surface area is 126 Å². The van der Waals surface area contributed by atoms with Crippen molar-refractivity contribution in [2.75, 3.05) is 19.7 Å². The summed E-state index contributed by atoms with van der Waals surface area (Å²) in [4.78, 5) is 13.5. The Kier molecular flexibility index (Phi) is 5.61. The van der Waals surface area contributed by atoms with Gasteiger partial charge in [0.05, 0.1) is 12.3 Å². The molecule has 1 aliphatic heterocycles. The van der Waals surface area contributed by atoms with E-state index >= 15 is 0 Å². The van der Waals surface area contributed by atoms with E-state index in [1.807, 2.05) is 24.9 Å². The number of amides is 1. The highest BCUT2D eigenvalue weighted by molar-refractivity contribution is 5.67. The molecule has 1 saturated heterocycles. The van der Waals surface area contributed by atoms with E-state index in [9.17, 15) is 4.79 Å². The zero-order chi connectivity index (χ0) is 15.2. The van der Waals surface area contributed by atoms with E-state index in [1.54, 1.807) is 4.90 Å². The predicted octanol–water partition coefficient (Wildman–Crippen LogP) is 2.08. The number of rotatable bonds is 5. The van der Waals surface area contributed by atoms with Crippen molar-refractivity contribution in [3.63, 3.8) is 0 Å². The lowest BCUT2D eigenvalue weighted by Crippen LogP contribution is -2.46. The molecule has 0 bridgehead atoms. The molecule has 0 radical (unpaired) electrons. The van der Waals surface area contributed by atoms with Crippen LogP contribution < -0.4 is 5.32 Å². The number of aryl methyl sites for hydroxylation is 1. The first-order chi connectivity index (χ1) is 10.2. The van der Waals surface area contributed by atoms with Crippen molar-refractivity contribution >= 4 is 6.09 Å². The first-order valence-electron chi connectivity index (χ1n) is 7.81. The third-order valence-corrected chi connectivity index (χ3v) is 4.08. The minimum atomic E-state index is -0.186. The Hall–Kier alpha value is -1.56. The van der Waals surface area contributed by atoms with E-state index in [1.165, 1.54) is 5.69 Å². The molecule has 0 unspecified atom stereocenters. The second kappa shape index (κ2) is 7.45. The molecule has 118 valence electrons. The van der Waals surface area contributed by atoms with Gasteiger partial charge in [-0.15, -0.1) is 0 Å². The molecular formula is C15H26N4O2. The molecule has 1 aromatic heterocycles. The van der Waals surface area contributed by atoms with Crippen molar-refractivity contribution in [3.05, 3.63) is 18.0 Å². The molecule has 6 heteroatoms. The van der Waals surface area contributed by atoms with Gasteiger partial charge in [-0.3, -0.25) is 4.68 Å². The van der Waals surface area contributed by atoms with Crippen LogP contribution in [0.15, 0.2) is 12.3 Å². The van der Waals surface area contributed by atoms with Crippen molar-refractivity contribution < 1.29 is 9.53 Å². The van der Waals surface area contributed by atoms with Crippen LogP contribution in [0.1, 0.15) is 44.8 Å². The maximum Gasteiger partial charge on any atom is 0.409 e. The predicted molar refractivity (Wildman–Crippen MR) is 81.0 cm³/mol. The maximum absolute atomic E-state index is 11.7. The fraction of sp³-hybridized carbons (Fsp3) is 0.733. The second-order valence-electron chi connectivity index (χ2n) is 5.47. The minimum Gasteiger partial charge on any atom is -0.450 e. The molecule has 1 amide bonds. The van der Waals surface area contributed by atoms with E-state index in [-0.39, 0.29) is 6.09 Å². The molecule has 1 atom stereocenters. The van der Waals surface area contributed by atoms with E-state index < -0.39 is 0 Å². The minimum absolute atomic E-state index is 0.186. The van der Waals surface area contributed by atoms with Gasteiger partial charge in [0.15, 0.2) is 0 Å². The molecule has 6 nitrogen and oxygen atoms in total. The van der Waals surface area contributed by atoms with Crippen LogP contribution in [0.5, 0.6) is 0 Å². The van der Waals surface area contributed by atoms with Crippen LogP contribution in [0.4, 0.5) is 4.79 Å². The van der Waals surface area contributed by atoms with Crippen LogP contribution in [0.3, 0.4) is 0 Å². The van der Waals surface area contributed by atoms with Crippen LogP contribution in [0, 0.1) is 0 Å². The number of piperidine rings is 1. The molecule has 1 aromatic rings. The van der Waals surface area contributed by atoms with Crippen molar-refractivity contribution in [2.45, 2.75) is 45.2 Å². The van der Waals surface area contributed by atoms with Crippen molar-refractivity contribution in [3.8, 4) is 0 Å². The average Bonchev–Trinajstić information content (AvgIpc) is 2.92. The van der Waals surface area contributed by atoms with E-state index in [2.05, 4.69) is 23.4 Å². The Balaban J connectivity index is 1.85. The summed E-state index contributed by atoms with van der Waals surface area (Å²) >= 11 is 0. The first kappa shape index (κ1) is 15.8. The van der Waals surface area contributed by atoms with Gasteiger partial charge in [-0.25, -0.2) is 4.79 Å². The Morgan fingerprint density at radius 1 is 1.48 bits per heavy atom. The monoisotopic (exact) mass is 294 g/mol. The number of nitrogens with zero attached hydrogens (tertiary/aromatic N) is 3. The molecule has 2 heterocycles. The summed E-state index contributed by atoms with van der Waals surface area (Å²) in [6.07, 6.45) is 4.61. The third-order valence-electron chi connectivity index (χ3n) is 4.08. The summed E-state index contributed by atoms with van der Waals surface area (Å²) < 4.78 is 6.97. The molecular weight excluding hydrogens is 268 g/mol. The van der Waals surface area contributed by atoms with Gasteiger partial charge in [-0.1, -0.05) is 6.92 Å². The fourth-order valence-electron chi connectivity index (χ4n) is 2.87. The molecule has 1 fully saturated rings. The van der Waals surface area contributed by atoms with Crippen LogP contribution in [0.25, 0.3) is 0 Å². The largest absolute Gasteiger partial charge is 0.450 e. The lowest BCUT2D eigenvalue weighted by molar-refractivity contribution is 0.0940. The highest BCUT2D eigenvalue weighted by Gasteiger charge is 2.25. The van der Waals surface area contributed by atoms with Crippen molar-refractivity contribution in [1.82, 2.24) is 20.0 Å². The van der Waals surface area contributed by atoms with Gasteiger partial charge in [0.1, 0.15) is 0 Å². The summed E-state index contributed by atoms with van der Waals surface area (Å²) in [6.45, 7) is 5.98. The van der Waals surface area contributed by atoms with Gasteiger partial charge in [0.2, 0.25) is 0 Å². The molecule has 2 rings (SSSR count). The topological polar surface area (TPSA) is 59.4 Å². The second-order valence-corrected chi connectivity index (χ2v) is 5.47. The highest BCUT2D eigenvalue weighted by atomic mass is 16.6. The molecule has 0 saturated carbocycles. The number of hydrogen-bond acceptors (Lipinski definition) is 4. The number of ether oxygens (including phenoxy) is 1. The molecule has 1 N–H and O–H groups in total. The molecule has 0 aromatic carbocycles. The van der Waals surface area contributed by atoms with Crippen LogP contribution in [-0.2, 0) is 11.8 Å². The zero-order valence-electron chi connectivity index (χ0n) is 13.2. The quantitative estimate of drug-likeness (QED) is 0.903. The summed E-state index contributed by atoms with van der Waals surface area (Å²) in [6, 6.07) is 2.82. The lowest BCUT2D eigenvalue weighted by Gasteiger charge is -2.33. The van der Waals surface area contributed by atoms with Gasteiger partial charge in [0, 0.05) is 38.4 Å². The summed E-state index contributed by atoms with van der Waals surface area (Å²) in [5.41, 5.74) is 1.21. The summed E-state index contributed by atoms with van der Waals surface area (Å²) in [5.74, 6) is 0. The smallest absolute Gasteiger partial charge is 0.409 e. The van der Waals surface area contributed by atoms with Crippen LogP contribution >= 0.6 is 0 Å². The SMILES string of the molecule is CCOC(=O)N1CCC(N[C@@H](CC)c2ccnn2C)CC1. The standard InChI is InChI=1S/C15H26N4O2/c1-4-13(14-6-9-16-18(14)3)17-12-7-10-19(11-8-12)15(20)21-5-2/h6,9,12-13,17H,4-5,7-8,10-11H2,1-3H3/t13-/m0/s1. The van der Waals surface area contributed by atoms with Gasteiger partial charge in [0.25, 0.3) is 0 Å². The lowest BCUT2D eigenvalue weighted by atomic mass is 10.0. The van der Waals surface area contributed by atoms with E-state index in [0.29, 0.717) is 18.7 Å². The van der Waals surface area contributed by atoms with Crippen LogP contribution in [0.2, 0.25) is 0 Å². The molecule has 1 aliphatic rings. The fourth-order valence-corrected chi connectivity index (χ4v) is 2.87. The summed E-state index contributed by atoms with van der Waals surface area (Å²) in [5, 5.41) is 7.94. The zero-order valence-corrected chi connectivity index (χ0v) is 13.2. The number of aromatic nitrogens is 2. The van der Waals surface area contributed by atoms with Crippen molar-refractivity contribution in [1.29, 1.82) is 0 Å². The van der Waals surface area contributed by atoms with Gasteiger partial charge < -0.3 is 15.0 Å².